The average Bonchev–Trinajstić information content (AvgIpc) is 2.59. The van der Waals surface area contributed by atoms with Crippen LogP contribution in [-0.4, -0.2) is 21.5 Å². The predicted octanol–water partition coefficient (Wildman–Crippen LogP) is 4.62. The van der Waals surface area contributed by atoms with E-state index in [4.69, 9.17) is 0 Å². The molecule has 0 spiro atoms. The number of hydrogen-bond acceptors (Lipinski definition) is 4. The van der Waals surface area contributed by atoms with Crippen LogP contribution in [-0.2, 0) is 6.18 Å². The Balaban J connectivity index is 1.92. The Kier molecular flexibility index (Phi) is 4.53. The van der Waals surface area contributed by atoms with E-state index in [2.05, 4.69) is 9.97 Å². The van der Waals surface area contributed by atoms with E-state index >= 15 is 0 Å². The van der Waals surface area contributed by atoms with E-state index in [1.54, 1.807) is 48.5 Å². The van der Waals surface area contributed by atoms with Crippen LogP contribution in [0.25, 0.3) is 10.9 Å². The zero-order chi connectivity index (χ0) is 17.2. The average molecular weight is 348 g/mol. The second-order valence-electron chi connectivity index (χ2n) is 4.95. The van der Waals surface area contributed by atoms with Crippen molar-refractivity contribution in [3.8, 4) is 0 Å². The van der Waals surface area contributed by atoms with Crippen LogP contribution in [0.4, 0.5) is 13.2 Å². The molecule has 0 aliphatic carbocycles. The zero-order valence-electron chi connectivity index (χ0n) is 12.2. The number of nitrogens with zero attached hydrogens (tertiary/aromatic N) is 2. The Labute approximate surface area is 139 Å². The number of halogens is 3. The number of benzene rings is 2. The van der Waals surface area contributed by atoms with Crippen LogP contribution in [0.1, 0.15) is 16.2 Å². The van der Waals surface area contributed by atoms with Gasteiger partial charge in [-0.2, -0.15) is 13.2 Å². The summed E-state index contributed by atoms with van der Waals surface area (Å²) >= 11 is 0.982. The predicted molar refractivity (Wildman–Crippen MR) is 86.0 cm³/mol. The number of para-hydroxylation sites is 1. The highest BCUT2D eigenvalue weighted by molar-refractivity contribution is 8.00. The molecule has 0 N–H and O–H groups in total. The molecule has 0 radical (unpaired) electrons. The van der Waals surface area contributed by atoms with Gasteiger partial charge >= 0.3 is 6.18 Å². The summed E-state index contributed by atoms with van der Waals surface area (Å²) in [7, 11) is 0. The minimum atomic E-state index is -4.64. The molecule has 0 unspecified atom stereocenters. The standard InChI is InChI=1S/C17H11F3N2OS/c18-17(19,20)16-21-13-9-5-4-8-12(13)15(22-16)24-10-14(23)11-6-2-1-3-7-11/h1-9H,10H2. The first-order chi connectivity index (χ1) is 11.4. The molecule has 3 aromatic rings. The lowest BCUT2D eigenvalue weighted by Gasteiger charge is -2.10. The van der Waals surface area contributed by atoms with Crippen molar-refractivity contribution in [2.75, 3.05) is 5.75 Å². The molecule has 1 heterocycles. The van der Waals surface area contributed by atoms with E-state index in [1.807, 2.05) is 0 Å². The Morgan fingerprint density at radius 3 is 2.33 bits per heavy atom. The van der Waals surface area contributed by atoms with Gasteiger partial charge in [0.2, 0.25) is 5.82 Å². The normalized spacial score (nSPS) is 11.6. The number of rotatable bonds is 4. The maximum absolute atomic E-state index is 13.0. The molecule has 3 rings (SSSR count). The third-order valence-corrected chi connectivity index (χ3v) is 4.25. The van der Waals surface area contributed by atoms with Crippen LogP contribution in [0.5, 0.6) is 0 Å². The molecule has 0 saturated heterocycles. The van der Waals surface area contributed by atoms with Crippen molar-refractivity contribution < 1.29 is 18.0 Å². The molecular formula is C17H11F3N2OS. The van der Waals surface area contributed by atoms with Gasteiger partial charge in [0.25, 0.3) is 0 Å². The fourth-order valence-electron chi connectivity index (χ4n) is 2.13. The summed E-state index contributed by atoms with van der Waals surface area (Å²) in [6, 6.07) is 15.0. The minimum absolute atomic E-state index is 0.00230. The third kappa shape index (κ3) is 3.56. The Morgan fingerprint density at radius 2 is 1.62 bits per heavy atom. The molecule has 0 saturated carbocycles. The highest BCUT2D eigenvalue weighted by Crippen LogP contribution is 2.32. The molecule has 2 aromatic carbocycles. The molecule has 122 valence electrons. The van der Waals surface area contributed by atoms with E-state index in [1.165, 1.54) is 6.07 Å². The molecular weight excluding hydrogens is 337 g/mol. The van der Waals surface area contributed by atoms with Gasteiger partial charge < -0.3 is 0 Å². The van der Waals surface area contributed by atoms with Crippen LogP contribution in [0.2, 0.25) is 0 Å². The van der Waals surface area contributed by atoms with Gasteiger partial charge in [0.1, 0.15) is 5.03 Å². The highest BCUT2D eigenvalue weighted by Gasteiger charge is 2.35. The Hall–Kier alpha value is -2.41. The lowest BCUT2D eigenvalue weighted by atomic mass is 10.2. The van der Waals surface area contributed by atoms with Crippen LogP contribution in [0, 0.1) is 0 Å². The second kappa shape index (κ2) is 6.60. The molecule has 0 amide bonds. The fraction of sp³-hybridized carbons (Fsp3) is 0.118. The molecule has 0 fully saturated rings. The van der Waals surface area contributed by atoms with Crippen molar-refractivity contribution in [3.05, 3.63) is 66.0 Å². The van der Waals surface area contributed by atoms with E-state index in [0.29, 0.717) is 10.9 Å². The fourth-order valence-corrected chi connectivity index (χ4v) is 3.04. The van der Waals surface area contributed by atoms with Crippen molar-refractivity contribution in [1.29, 1.82) is 0 Å². The number of aromatic nitrogens is 2. The first kappa shape index (κ1) is 16.4. The first-order valence-electron chi connectivity index (χ1n) is 7.00. The molecule has 0 aliphatic rings. The van der Waals surface area contributed by atoms with Gasteiger partial charge in [-0.1, -0.05) is 60.3 Å². The van der Waals surface area contributed by atoms with Crippen molar-refractivity contribution in [1.82, 2.24) is 9.97 Å². The molecule has 0 bridgehead atoms. The topological polar surface area (TPSA) is 42.9 Å². The van der Waals surface area contributed by atoms with Gasteiger partial charge in [0.05, 0.1) is 11.3 Å². The van der Waals surface area contributed by atoms with Gasteiger partial charge in [0, 0.05) is 10.9 Å². The summed E-state index contributed by atoms with van der Waals surface area (Å²) in [5, 5.41) is 0.647. The molecule has 3 nitrogen and oxygen atoms in total. The smallest absolute Gasteiger partial charge is 0.293 e. The zero-order valence-corrected chi connectivity index (χ0v) is 13.1. The number of carbonyl (C=O) groups excluding carboxylic acids is 1. The number of alkyl halides is 3. The number of Topliss-reactive ketones (excluding diaryl/α,β-unsaturated/α-hetero) is 1. The van der Waals surface area contributed by atoms with Gasteiger partial charge in [-0.15, -0.1) is 0 Å². The quantitative estimate of drug-likeness (QED) is 0.392. The van der Waals surface area contributed by atoms with Crippen molar-refractivity contribution in [2.24, 2.45) is 0 Å². The lowest BCUT2D eigenvalue weighted by molar-refractivity contribution is -0.145. The Bertz CT molecular complexity index is 882. The number of fused-ring (bicyclic) bond motifs is 1. The minimum Gasteiger partial charge on any atom is -0.293 e. The maximum atomic E-state index is 13.0. The third-order valence-electron chi connectivity index (χ3n) is 3.26. The largest absolute Gasteiger partial charge is 0.451 e. The van der Waals surface area contributed by atoms with Crippen LogP contribution in [0.3, 0.4) is 0 Å². The van der Waals surface area contributed by atoms with Gasteiger partial charge in [-0.25, -0.2) is 9.97 Å². The molecule has 0 atom stereocenters. The summed E-state index contributed by atoms with van der Waals surface area (Å²) in [5.74, 6) is -1.37. The van der Waals surface area contributed by atoms with Gasteiger partial charge in [-0.05, 0) is 6.07 Å². The lowest BCUT2D eigenvalue weighted by Crippen LogP contribution is -2.12. The summed E-state index contributed by atoms with van der Waals surface area (Å²) in [4.78, 5) is 19.3. The SMILES string of the molecule is O=C(CSc1nc(C(F)(F)F)nc2ccccc12)c1ccccc1. The van der Waals surface area contributed by atoms with Gasteiger partial charge in [-0.3, -0.25) is 4.79 Å². The van der Waals surface area contributed by atoms with Crippen molar-refractivity contribution in [2.45, 2.75) is 11.2 Å². The molecule has 1 aromatic heterocycles. The number of thioether (sulfide) groups is 1. The Morgan fingerprint density at radius 1 is 0.958 bits per heavy atom. The first-order valence-corrected chi connectivity index (χ1v) is 7.99. The number of hydrogen-bond donors (Lipinski definition) is 0. The molecule has 24 heavy (non-hydrogen) atoms. The molecule has 7 heteroatoms. The van der Waals surface area contributed by atoms with E-state index in [0.717, 1.165) is 11.8 Å². The van der Waals surface area contributed by atoms with E-state index < -0.39 is 12.0 Å². The number of carbonyl (C=O) groups is 1. The molecule has 0 aliphatic heterocycles. The summed E-state index contributed by atoms with van der Waals surface area (Å²) < 4.78 is 38.9. The van der Waals surface area contributed by atoms with Crippen LogP contribution in [0.15, 0.2) is 59.6 Å². The maximum Gasteiger partial charge on any atom is 0.451 e. The second-order valence-corrected chi connectivity index (χ2v) is 5.91. The number of ketones is 1. The van der Waals surface area contributed by atoms with Crippen LogP contribution >= 0.6 is 11.8 Å². The van der Waals surface area contributed by atoms with Crippen molar-refractivity contribution >= 4 is 28.4 Å². The summed E-state index contributed by atoms with van der Waals surface area (Å²) in [6.45, 7) is 0. The van der Waals surface area contributed by atoms with Crippen LogP contribution < -0.4 is 0 Å². The van der Waals surface area contributed by atoms with Gasteiger partial charge in [0.15, 0.2) is 5.78 Å². The monoisotopic (exact) mass is 348 g/mol. The van der Waals surface area contributed by atoms with Crippen molar-refractivity contribution in [3.63, 3.8) is 0 Å². The highest BCUT2D eigenvalue weighted by atomic mass is 32.2. The summed E-state index contributed by atoms with van der Waals surface area (Å²) in [5.41, 5.74) is 0.717. The van der Waals surface area contributed by atoms with E-state index in [9.17, 15) is 18.0 Å². The van der Waals surface area contributed by atoms with E-state index in [-0.39, 0.29) is 22.1 Å². The summed E-state index contributed by atoms with van der Waals surface area (Å²) in [6.07, 6.45) is -4.64.